The fraction of sp³-hybridized carbons (Fsp3) is 0.111. The van der Waals surface area contributed by atoms with E-state index in [9.17, 15) is 8.42 Å². The van der Waals surface area contributed by atoms with Gasteiger partial charge in [-0.2, -0.15) is 0 Å². The van der Waals surface area contributed by atoms with Gasteiger partial charge in [-0.25, -0.2) is 18.4 Å². The van der Waals surface area contributed by atoms with Gasteiger partial charge < -0.3 is 5.32 Å². The molecule has 27 heavy (non-hydrogen) atoms. The van der Waals surface area contributed by atoms with Crippen molar-refractivity contribution >= 4 is 60.0 Å². The molecule has 0 aliphatic carbocycles. The van der Waals surface area contributed by atoms with Crippen LogP contribution in [-0.2, 0) is 22.1 Å². The van der Waals surface area contributed by atoms with Gasteiger partial charge in [-0.15, -0.1) is 22.7 Å². The first-order chi connectivity index (χ1) is 13.0. The highest BCUT2D eigenvalue weighted by molar-refractivity contribution is 7.92. The van der Waals surface area contributed by atoms with Gasteiger partial charge in [0, 0.05) is 16.8 Å². The van der Waals surface area contributed by atoms with Crippen LogP contribution in [-0.4, -0.2) is 18.4 Å². The molecule has 0 bridgehead atoms. The second kappa shape index (κ2) is 7.55. The van der Waals surface area contributed by atoms with E-state index in [0.29, 0.717) is 16.5 Å². The maximum atomic E-state index is 12.7. The van der Waals surface area contributed by atoms with Gasteiger partial charge in [-0.3, -0.25) is 0 Å². The molecule has 0 aliphatic heterocycles. The monoisotopic (exact) mass is 435 g/mol. The molecule has 0 saturated carbocycles. The Labute approximate surface area is 169 Å². The maximum absolute atomic E-state index is 12.7. The highest BCUT2D eigenvalue weighted by Gasteiger charge is 2.20. The first kappa shape index (κ1) is 18.4. The quantitative estimate of drug-likeness (QED) is 0.461. The van der Waals surface area contributed by atoms with Crippen LogP contribution in [0.4, 0.5) is 5.69 Å². The summed E-state index contributed by atoms with van der Waals surface area (Å²) in [6.07, 6.45) is 1.74. The number of rotatable bonds is 6. The van der Waals surface area contributed by atoms with Gasteiger partial charge in [-0.1, -0.05) is 41.9 Å². The van der Waals surface area contributed by atoms with Crippen LogP contribution < -0.4 is 5.32 Å². The zero-order chi connectivity index (χ0) is 18.9. The Morgan fingerprint density at radius 1 is 1.07 bits per heavy atom. The van der Waals surface area contributed by atoms with Gasteiger partial charge >= 0.3 is 0 Å². The number of thiazole rings is 2. The molecule has 0 amide bonds. The summed E-state index contributed by atoms with van der Waals surface area (Å²) >= 11 is 8.46. The fourth-order valence-corrected chi connectivity index (χ4v) is 6.16. The summed E-state index contributed by atoms with van der Waals surface area (Å²) in [4.78, 5) is 9.36. The van der Waals surface area contributed by atoms with E-state index in [2.05, 4.69) is 15.3 Å². The van der Waals surface area contributed by atoms with Crippen molar-refractivity contribution in [2.45, 2.75) is 16.6 Å². The Balaban J connectivity index is 1.55. The van der Waals surface area contributed by atoms with Crippen LogP contribution in [0.2, 0.25) is 4.47 Å². The molecule has 0 saturated heterocycles. The zero-order valence-electron chi connectivity index (χ0n) is 13.9. The van der Waals surface area contributed by atoms with Crippen molar-refractivity contribution in [3.8, 4) is 0 Å². The van der Waals surface area contributed by atoms with Crippen molar-refractivity contribution in [1.29, 1.82) is 0 Å². The van der Waals surface area contributed by atoms with E-state index in [1.54, 1.807) is 18.3 Å². The van der Waals surface area contributed by atoms with Gasteiger partial charge in [0.15, 0.2) is 4.47 Å². The first-order valence-electron chi connectivity index (χ1n) is 8.01. The number of hydrogen-bond donors (Lipinski definition) is 1. The van der Waals surface area contributed by atoms with Crippen molar-refractivity contribution in [1.82, 2.24) is 9.97 Å². The number of nitrogens with one attached hydrogen (secondary N) is 1. The molecular formula is C18H14ClN3O2S3. The molecule has 2 aromatic heterocycles. The first-order valence-corrected chi connectivity index (χ1v) is 11.7. The van der Waals surface area contributed by atoms with Crippen LogP contribution in [0, 0.1) is 0 Å². The number of fused-ring (bicyclic) bond motifs is 1. The topological polar surface area (TPSA) is 72.0 Å². The van der Waals surface area contributed by atoms with Crippen molar-refractivity contribution in [2.75, 3.05) is 5.32 Å². The molecule has 4 aromatic rings. The van der Waals surface area contributed by atoms with Gasteiger partial charge in [0.25, 0.3) is 0 Å². The highest BCUT2D eigenvalue weighted by Crippen LogP contribution is 2.30. The third-order valence-corrected chi connectivity index (χ3v) is 8.10. The van der Waals surface area contributed by atoms with Crippen LogP contribution in [0.15, 0.2) is 59.1 Å². The van der Waals surface area contributed by atoms with Crippen LogP contribution >= 0.6 is 34.3 Å². The average Bonchev–Trinajstić information content (AvgIpc) is 3.26. The number of nitrogens with zero attached hydrogens (tertiary/aromatic N) is 2. The Kier molecular flexibility index (Phi) is 5.14. The lowest BCUT2D eigenvalue weighted by molar-refractivity contribution is 0.594. The largest absolute Gasteiger partial charge is 0.380 e. The molecule has 2 aromatic carbocycles. The summed E-state index contributed by atoms with van der Waals surface area (Å²) in [5.41, 5.74) is 2.32. The van der Waals surface area contributed by atoms with E-state index in [4.69, 9.17) is 11.6 Å². The standard InChI is InChI=1S/C18H14ClN3O2S3/c19-17-21-10-14(25-17)9-20-13-6-7-15-16(8-13)26-18(22-15)27(23,24)11-12-4-2-1-3-5-12/h1-8,10,20H,9,11H2. The molecule has 2 heterocycles. The molecule has 0 fully saturated rings. The number of aromatic nitrogens is 2. The van der Waals surface area contributed by atoms with Gasteiger partial charge in [-0.05, 0) is 23.8 Å². The smallest absolute Gasteiger partial charge is 0.210 e. The Hall–Kier alpha value is -2.00. The SMILES string of the molecule is O=S(=O)(Cc1ccccc1)c1nc2ccc(NCc3cnc(Cl)s3)cc2s1. The van der Waals surface area contributed by atoms with E-state index in [-0.39, 0.29) is 10.1 Å². The summed E-state index contributed by atoms with van der Waals surface area (Å²) < 4.78 is 26.9. The summed E-state index contributed by atoms with van der Waals surface area (Å²) in [5.74, 6) is -0.0507. The number of sulfone groups is 1. The van der Waals surface area contributed by atoms with E-state index < -0.39 is 9.84 Å². The van der Waals surface area contributed by atoms with E-state index in [1.165, 1.54) is 22.7 Å². The van der Waals surface area contributed by atoms with Gasteiger partial charge in [0.2, 0.25) is 14.2 Å². The zero-order valence-corrected chi connectivity index (χ0v) is 17.1. The lowest BCUT2D eigenvalue weighted by atomic mass is 10.2. The van der Waals surface area contributed by atoms with E-state index in [1.807, 2.05) is 36.4 Å². The Morgan fingerprint density at radius 2 is 1.89 bits per heavy atom. The maximum Gasteiger partial charge on any atom is 0.210 e. The number of anilines is 1. The van der Waals surface area contributed by atoms with Crippen molar-refractivity contribution in [3.05, 3.63) is 69.6 Å². The summed E-state index contributed by atoms with van der Waals surface area (Å²) in [5, 5.41) is 3.30. The Morgan fingerprint density at radius 3 is 2.63 bits per heavy atom. The number of benzene rings is 2. The molecule has 4 rings (SSSR count). The number of hydrogen-bond acceptors (Lipinski definition) is 7. The molecule has 138 valence electrons. The predicted molar refractivity (Wildman–Crippen MR) is 111 cm³/mol. The molecule has 1 N–H and O–H groups in total. The second-order valence-corrected chi connectivity index (χ2v) is 10.7. The molecule has 9 heteroatoms. The van der Waals surface area contributed by atoms with Crippen molar-refractivity contribution in [2.24, 2.45) is 0 Å². The van der Waals surface area contributed by atoms with E-state index in [0.717, 1.165) is 20.8 Å². The van der Waals surface area contributed by atoms with Crippen molar-refractivity contribution in [3.63, 3.8) is 0 Å². The van der Waals surface area contributed by atoms with E-state index >= 15 is 0 Å². The lowest BCUT2D eigenvalue weighted by Gasteiger charge is -2.03. The highest BCUT2D eigenvalue weighted by atomic mass is 35.5. The minimum Gasteiger partial charge on any atom is -0.380 e. The molecule has 5 nitrogen and oxygen atoms in total. The number of halogens is 1. The minimum atomic E-state index is -3.47. The third-order valence-electron chi connectivity index (χ3n) is 3.83. The van der Waals surface area contributed by atoms with Crippen LogP contribution in [0.25, 0.3) is 10.2 Å². The fourth-order valence-electron chi connectivity index (χ4n) is 2.56. The van der Waals surface area contributed by atoms with Crippen LogP contribution in [0.5, 0.6) is 0 Å². The Bertz CT molecular complexity index is 1190. The van der Waals surface area contributed by atoms with Gasteiger partial charge in [0.05, 0.1) is 22.5 Å². The summed E-state index contributed by atoms with van der Waals surface area (Å²) in [6, 6.07) is 14.8. The molecular weight excluding hydrogens is 422 g/mol. The lowest BCUT2D eigenvalue weighted by Crippen LogP contribution is -2.04. The molecule has 0 radical (unpaired) electrons. The minimum absolute atomic E-state index is 0.0507. The molecule has 0 atom stereocenters. The normalized spacial score (nSPS) is 11.7. The summed E-state index contributed by atoms with van der Waals surface area (Å²) in [7, 11) is -3.47. The van der Waals surface area contributed by atoms with Crippen molar-refractivity contribution < 1.29 is 8.42 Å². The molecule has 0 aliphatic rings. The van der Waals surface area contributed by atoms with Crippen LogP contribution in [0.3, 0.4) is 0 Å². The summed E-state index contributed by atoms with van der Waals surface area (Å²) in [6.45, 7) is 0.605. The molecule has 0 unspecified atom stereocenters. The predicted octanol–water partition coefficient (Wildman–Crippen LogP) is 4.99. The molecule has 0 spiro atoms. The average molecular weight is 436 g/mol. The van der Waals surface area contributed by atoms with Crippen LogP contribution in [0.1, 0.15) is 10.4 Å². The second-order valence-electron chi connectivity index (χ2n) is 5.84. The van der Waals surface area contributed by atoms with Gasteiger partial charge in [0.1, 0.15) is 0 Å². The third kappa shape index (κ3) is 4.30.